The van der Waals surface area contributed by atoms with Crippen LogP contribution in [0, 0.1) is 0 Å². The lowest BCUT2D eigenvalue weighted by atomic mass is 9.88. The number of carbonyl (C=O) groups is 1. The molecular formula is C21H28ClNO5. The molecule has 0 aliphatic rings. The summed E-state index contributed by atoms with van der Waals surface area (Å²) in [5.41, 5.74) is 0.934. The van der Waals surface area contributed by atoms with Crippen molar-refractivity contribution in [3.63, 3.8) is 0 Å². The molecule has 154 valence electrons. The zero-order valence-corrected chi connectivity index (χ0v) is 17.7. The normalized spacial score (nSPS) is 12.3. The van der Waals surface area contributed by atoms with E-state index in [0.29, 0.717) is 22.8 Å². The van der Waals surface area contributed by atoms with E-state index in [1.165, 1.54) is 21.3 Å². The highest BCUT2D eigenvalue weighted by Gasteiger charge is 2.30. The number of esters is 1. The van der Waals surface area contributed by atoms with Gasteiger partial charge >= 0.3 is 5.97 Å². The molecule has 0 amide bonds. The summed E-state index contributed by atoms with van der Waals surface area (Å²) in [5, 5.41) is 3.31. The first-order valence-electron chi connectivity index (χ1n) is 8.76. The van der Waals surface area contributed by atoms with Gasteiger partial charge in [0.1, 0.15) is 6.61 Å². The Morgan fingerprint density at radius 1 is 1.00 bits per heavy atom. The molecule has 0 saturated carbocycles. The fourth-order valence-corrected chi connectivity index (χ4v) is 3.01. The Labute approximate surface area is 172 Å². The number of carbonyl (C=O) groups excluding carboxylic acids is 1. The summed E-state index contributed by atoms with van der Waals surface area (Å²) in [7, 11) is 6.39. The number of hydrogen-bond donors (Lipinski definition) is 1. The smallest absolute Gasteiger partial charge is 0.338 e. The molecule has 6 nitrogen and oxygen atoms in total. The first-order valence-corrected chi connectivity index (χ1v) is 8.76. The lowest BCUT2D eigenvalue weighted by molar-refractivity contribution is 0.0360. The molecule has 0 aromatic heterocycles. The maximum Gasteiger partial charge on any atom is 0.338 e. The fourth-order valence-electron chi connectivity index (χ4n) is 3.01. The maximum atomic E-state index is 12.7. The Kier molecular flexibility index (Phi) is 9.09. The average Bonchev–Trinajstić information content (AvgIpc) is 2.74. The summed E-state index contributed by atoms with van der Waals surface area (Å²) >= 11 is 0. The van der Waals surface area contributed by atoms with Crippen LogP contribution in [0.15, 0.2) is 42.5 Å². The minimum Gasteiger partial charge on any atom is -0.493 e. The van der Waals surface area contributed by atoms with Crippen molar-refractivity contribution in [3.8, 4) is 17.2 Å². The van der Waals surface area contributed by atoms with E-state index >= 15 is 0 Å². The van der Waals surface area contributed by atoms with Gasteiger partial charge in [0.2, 0.25) is 5.75 Å². The van der Waals surface area contributed by atoms with Gasteiger partial charge in [0.05, 0.1) is 32.4 Å². The molecular weight excluding hydrogens is 382 g/mol. The van der Waals surface area contributed by atoms with Crippen LogP contribution in [0.1, 0.15) is 29.3 Å². The van der Waals surface area contributed by atoms with Crippen LogP contribution >= 0.6 is 12.4 Å². The molecule has 0 radical (unpaired) electrons. The van der Waals surface area contributed by atoms with Crippen LogP contribution in [0.4, 0.5) is 0 Å². The lowest BCUT2D eigenvalue weighted by Crippen LogP contribution is -2.44. The summed E-state index contributed by atoms with van der Waals surface area (Å²) in [6.07, 6.45) is 0.760. The van der Waals surface area contributed by atoms with Crippen LogP contribution < -0.4 is 19.5 Å². The van der Waals surface area contributed by atoms with E-state index in [0.717, 1.165) is 12.0 Å². The monoisotopic (exact) mass is 409 g/mol. The van der Waals surface area contributed by atoms with E-state index in [4.69, 9.17) is 18.9 Å². The van der Waals surface area contributed by atoms with Gasteiger partial charge in [-0.1, -0.05) is 37.3 Å². The Bertz CT molecular complexity index is 738. The molecule has 0 aliphatic carbocycles. The summed E-state index contributed by atoms with van der Waals surface area (Å²) in [6.45, 7) is 2.25. The van der Waals surface area contributed by atoms with Crippen LogP contribution in [0.5, 0.6) is 17.2 Å². The molecule has 2 aromatic carbocycles. The zero-order chi connectivity index (χ0) is 19.9. The molecule has 2 rings (SSSR count). The van der Waals surface area contributed by atoms with Gasteiger partial charge in [0, 0.05) is 0 Å². The summed E-state index contributed by atoms with van der Waals surface area (Å²) in [5.74, 6) is 0.779. The third kappa shape index (κ3) is 4.88. The minimum atomic E-state index is -0.461. The number of halogens is 1. The van der Waals surface area contributed by atoms with E-state index in [2.05, 4.69) is 12.2 Å². The Hall–Kier alpha value is -2.44. The van der Waals surface area contributed by atoms with Gasteiger partial charge in [-0.05, 0) is 31.2 Å². The molecule has 1 N–H and O–H groups in total. The van der Waals surface area contributed by atoms with Crippen molar-refractivity contribution in [2.24, 2.45) is 0 Å². The second kappa shape index (κ2) is 10.8. The molecule has 1 unspecified atom stereocenters. The second-order valence-electron chi connectivity index (χ2n) is 6.04. The van der Waals surface area contributed by atoms with E-state index in [-0.39, 0.29) is 19.0 Å². The molecule has 0 bridgehead atoms. The van der Waals surface area contributed by atoms with Gasteiger partial charge in [-0.2, -0.15) is 0 Å². The van der Waals surface area contributed by atoms with Crippen molar-refractivity contribution in [1.29, 1.82) is 0 Å². The highest BCUT2D eigenvalue weighted by molar-refractivity contribution is 5.91. The van der Waals surface area contributed by atoms with Gasteiger partial charge in [-0.15, -0.1) is 12.4 Å². The Morgan fingerprint density at radius 3 is 2.00 bits per heavy atom. The molecule has 2 aromatic rings. The molecule has 0 aliphatic heterocycles. The van der Waals surface area contributed by atoms with Crippen LogP contribution in [-0.2, 0) is 10.3 Å². The second-order valence-corrected chi connectivity index (χ2v) is 6.04. The van der Waals surface area contributed by atoms with Crippen molar-refractivity contribution >= 4 is 18.4 Å². The number of likely N-dealkylation sites (N-methyl/N-ethyl adjacent to an activating group) is 1. The van der Waals surface area contributed by atoms with Crippen molar-refractivity contribution < 1.29 is 23.7 Å². The molecule has 28 heavy (non-hydrogen) atoms. The molecule has 0 heterocycles. The Balaban J connectivity index is 0.00000392. The minimum absolute atomic E-state index is 0. The van der Waals surface area contributed by atoms with Gasteiger partial charge in [0.15, 0.2) is 11.5 Å². The quantitative estimate of drug-likeness (QED) is 0.635. The molecule has 0 spiro atoms. The van der Waals surface area contributed by atoms with Crippen LogP contribution in [0.3, 0.4) is 0 Å². The highest BCUT2D eigenvalue weighted by atomic mass is 35.5. The third-order valence-electron chi connectivity index (χ3n) is 4.76. The predicted octanol–water partition coefficient (Wildman–Crippen LogP) is 3.82. The van der Waals surface area contributed by atoms with Crippen molar-refractivity contribution in [1.82, 2.24) is 5.32 Å². The van der Waals surface area contributed by atoms with Crippen molar-refractivity contribution in [2.45, 2.75) is 18.9 Å². The van der Waals surface area contributed by atoms with Gasteiger partial charge in [-0.25, -0.2) is 4.79 Å². The van der Waals surface area contributed by atoms with E-state index in [1.54, 1.807) is 12.1 Å². The molecule has 0 saturated heterocycles. The van der Waals surface area contributed by atoms with Gasteiger partial charge in [-0.3, -0.25) is 0 Å². The number of methoxy groups -OCH3 is 3. The largest absolute Gasteiger partial charge is 0.493 e. The lowest BCUT2D eigenvalue weighted by Gasteiger charge is -2.32. The van der Waals surface area contributed by atoms with E-state index < -0.39 is 11.5 Å². The van der Waals surface area contributed by atoms with Crippen LogP contribution in [-0.4, -0.2) is 41.0 Å². The first kappa shape index (κ1) is 23.6. The molecule has 0 fully saturated rings. The number of hydrogen-bond acceptors (Lipinski definition) is 6. The number of benzene rings is 2. The maximum absolute atomic E-state index is 12.7. The summed E-state index contributed by atoms with van der Waals surface area (Å²) in [6, 6.07) is 13.1. The fraction of sp³-hybridized carbons (Fsp3) is 0.381. The standard InChI is InChI=1S/C21H27NO5.ClH/c1-6-21(22-2,16-10-8-7-9-11-16)14-27-20(23)15-12-17(24-3)19(26-5)18(13-15)25-4;/h7-13,22H,6,14H2,1-5H3;1H. The summed E-state index contributed by atoms with van der Waals surface area (Å²) in [4.78, 5) is 12.7. The van der Waals surface area contributed by atoms with E-state index in [9.17, 15) is 4.79 Å². The number of ether oxygens (including phenoxy) is 4. The van der Waals surface area contributed by atoms with E-state index in [1.807, 2.05) is 37.4 Å². The molecule has 7 heteroatoms. The first-order chi connectivity index (χ1) is 13.0. The average molecular weight is 410 g/mol. The highest BCUT2D eigenvalue weighted by Crippen LogP contribution is 2.38. The molecule has 1 atom stereocenters. The number of nitrogens with one attached hydrogen (secondary N) is 1. The van der Waals surface area contributed by atoms with Gasteiger partial charge < -0.3 is 24.3 Å². The predicted molar refractivity (Wildman–Crippen MR) is 111 cm³/mol. The van der Waals surface area contributed by atoms with Crippen LogP contribution in [0.2, 0.25) is 0 Å². The number of rotatable bonds is 9. The third-order valence-corrected chi connectivity index (χ3v) is 4.76. The SMILES string of the molecule is CCC(COC(=O)c1cc(OC)c(OC)c(OC)c1)(NC)c1ccccc1.Cl. The zero-order valence-electron chi connectivity index (χ0n) is 16.9. The van der Waals surface area contributed by atoms with Crippen molar-refractivity contribution in [3.05, 3.63) is 53.6 Å². The topological polar surface area (TPSA) is 66.0 Å². The van der Waals surface area contributed by atoms with Crippen LogP contribution in [0.25, 0.3) is 0 Å². The Morgan fingerprint density at radius 2 is 1.57 bits per heavy atom. The van der Waals surface area contributed by atoms with Gasteiger partial charge in [0.25, 0.3) is 0 Å². The summed E-state index contributed by atoms with van der Waals surface area (Å²) < 4.78 is 21.5. The van der Waals surface area contributed by atoms with Crippen molar-refractivity contribution in [2.75, 3.05) is 35.0 Å².